The third-order valence-electron chi connectivity index (χ3n) is 5.32. The number of terminal acetylenes is 1. The molecule has 0 saturated carbocycles. The molecule has 0 aromatic rings. The highest BCUT2D eigenvalue weighted by atomic mass is 15.1. The topological polar surface area (TPSA) is 3.24 Å². The lowest BCUT2D eigenvalue weighted by molar-refractivity contribution is 0.236. The van der Waals surface area contributed by atoms with Gasteiger partial charge in [-0.05, 0) is 31.8 Å². The molecule has 0 aromatic heterocycles. The van der Waals surface area contributed by atoms with Crippen molar-refractivity contribution in [2.75, 3.05) is 13.6 Å². The molecule has 0 rings (SSSR count). The minimum atomic E-state index is 0.297. The highest BCUT2D eigenvalue weighted by molar-refractivity contribution is 5.00. The first-order chi connectivity index (χ1) is 12.0. The van der Waals surface area contributed by atoms with E-state index in [4.69, 9.17) is 6.42 Å². The van der Waals surface area contributed by atoms with Gasteiger partial charge in [-0.3, -0.25) is 4.90 Å². The fourth-order valence-electron chi connectivity index (χ4n) is 3.65. The summed E-state index contributed by atoms with van der Waals surface area (Å²) >= 11 is 0. The Morgan fingerprint density at radius 3 is 1.44 bits per heavy atom. The van der Waals surface area contributed by atoms with Crippen LogP contribution in [0.1, 0.15) is 111 Å². The average molecular weight is 350 g/mol. The van der Waals surface area contributed by atoms with Crippen LogP contribution < -0.4 is 0 Å². The summed E-state index contributed by atoms with van der Waals surface area (Å²) in [6, 6.07) is 0.297. The molecule has 0 bridgehead atoms. The maximum atomic E-state index is 5.64. The van der Waals surface area contributed by atoms with Crippen LogP contribution in [-0.4, -0.2) is 24.5 Å². The molecule has 0 aliphatic rings. The maximum Gasteiger partial charge on any atom is 0.0732 e. The third-order valence-corrected chi connectivity index (χ3v) is 5.32. The number of nitrogens with zero attached hydrogens (tertiary/aromatic N) is 1. The second kappa shape index (κ2) is 17.0. The molecule has 1 heteroatoms. The smallest absolute Gasteiger partial charge is 0.0732 e. The van der Waals surface area contributed by atoms with E-state index in [1.807, 2.05) is 0 Å². The van der Waals surface area contributed by atoms with Crippen molar-refractivity contribution in [2.45, 2.75) is 117 Å². The fourth-order valence-corrected chi connectivity index (χ4v) is 3.65. The number of unbranched alkanes of at least 4 members (excludes halogenated alkanes) is 11. The van der Waals surface area contributed by atoms with Crippen LogP contribution in [0.4, 0.5) is 0 Å². The lowest BCUT2D eigenvalue weighted by Gasteiger charge is -2.26. The SMILES string of the molecule is C#CC(C(C)C)N(C)CCCCCCCCCCCCCCC(C)C. The van der Waals surface area contributed by atoms with Crippen LogP contribution in [0.3, 0.4) is 0 Å². The Balaban J connectivity index is 3.28. The first kappa shape index (κ1) is 24.5. The summed E-state index contributed by atoms with van der Waals surface area (Å²) in [7, 11) is 2.17. The van der Waals surface area contributed by atoms with Crippen molar-refractivity contribution in [1.29, 1.82) is 0 Å². The summed E-state index contributed by atoms with van der Waals surface area (Å²) in [5.74, 6) is 4.36. The van der Waals surface area contributed by atoms with Crippen LogP contribution in [0.25, 0.3) is 0 Å². The van der Waals surface area contributed by atoms with Gasteiger partial charge in [0.1, 0.15) is 0 Å². The standard InChI is InChI=1S/C24H47N/c1-7-24(23(4)5)25(6)21-19-17-15-13-11-9-8-10-12-14-16-18-20-22(2)3/h1,22-24H,8-21H2,2-6H3. The Kier molecular flexibility index (Phi) is 16.6. The second-order valence-corrected chi connectivity index (χ2v) is 8.76. The molecule has 0 radical (unpaired) electrons. The Morgan fingerprint density at radius 2 is 1.08 bits per heavy atom. The van der Waals surface area contributed by atoms with Crippen LogP contribution >= 0.6 is 0 Å². The van der Waals surface area contributed by atoms with Gasteiger partial charge in [0.05, 0.1) is 6.04 Å². The lowest BCUT2D eigenvalue weighted by Crippen LogP contribution is -2.35. The third kappa shape index (κ3) is 15.5. The molecule has 25 heavy (non-hydrogen) atoms. The highest BCUT2D eigenvalue weighted by Gasteiger charge is 2.14. The van der Waals surface area contributed by atoms with Crippen LogP contribution in [0.2, 0.25) is 0 Å². The zero-order chi connectivity index (χ0) is 18.9. The van der Waals surface area contributed by atoms with Crippen molar-refractivity contribution >= 4 is 0 Å². The van der Waals surface area contributed by atoms with Crippen molar-refractivity contribution in [1.82, 2.24) is 4.90 Å². The molecule has 0 aromatic carbocycles. The minimum Gasteiger partial charge on any atom is -0.293 e. The monoisotopic (exact) mass is 349 g/mol. The average Bonchev–Trinajstić information content (AvgIpc) is 2.55. The Labute approximate surface area is 160 Å². The Hall–Kier alpha value is -0.480. The molecule has 0 N–H and O–H groups in total. The van der Waals surface area contributed by atoms with Crippen molar-refractivity contribution in [3.05, 3.63) is 0 Å². The molecule has 0 fully saturated rings. The summed E-state index contributed by atoms with van der Waals surface area (Å²) in [6.45, 7) is 10.2. The molecule has 0 heterocycles. The van der Waals surface area contributed by atoms with E-state index in [1.165, 1.54) is 83.5 Å². The van der Waals surface area contributed by atoms with E-state index in [0.29, 0.717) is 12.0 Å². The molecule has 0 saturated heterocycles. The summed E-state index contributed by atoms with van der Waals surface area (Å²) in [4.78, 5) is 2.35. The normalized spacial score (nSPS) is 12.9. The van der Waals surface area contributed by atoms with E-state index in [2.05, 4.69) is 45.6 Å². The van der Waals surface area contributed by atoms with E-state index < -0.39 is 0 Å². The van der Waals surface area contributed by atoms with Gasteiger partial charge in [-0.1, -0.05) is 111 Å². The molecule has 0 aliphatic heterocycles. The van der Waals surface area contributed by atoms with Gasteiger partial charge < -0.3 is 0 Å². The molecule has 1 unspecified atom stereocenters. The fraction of sp³-hybridized carbons (Fsp3) is 0.917. The molecule has 0 spiro atoms. The quantitative estimate of drug-likeness (QED) is 0.197. The molecular formula is C24H47N. The predicted molar refractivity (Wildman–Crippen MR) is 115 cm³/mol. The van der Waals surface area contributed by atoms with E-state index in [1.54, 1.807) is 0 Å². The first-order valence-electron chi connectivity index (χ1n) is 11.1. The first-order valence-corrected chi connectivity index (χ1v) is 11.1. The predicted octanol–water partition coefficient (Wildman–Crippen LogP) is 7.30. The largest absolute Gasteiger partial charge is 0.293 e. The number of hydrogen-bond donors (Lipinski definition) is 0. The zero-order valence-corrected chi connectivity index (χ0v) is 18.2. The molecular weight excluding hydrogens is 302 g/mol. The van der Waals surface area contributed by atoms with Gasteiger partial charge in [-0.25, -0.2) is 0 Å². The van der Waals surface area contributed by atoms with Gasteiger partial charge in [0.15, 0.2) is 0 Å². The van der Waals surface area contributed by atoms with Crippen LogP contribution in [0, 0.1) is 24.2 Å². The number of hydrogen-bond acceptors (Lipinski definition) is 1. The van der Waals surface area contributed by atoms with E-state index in [-0.39, 0.29) is 0 Å². The Bertz CT molecular complexity index is 313. The summed E-state index contributed by atoms with van der Waals surface area (Å²) < 4.78 is 0. The van der Waals surface area contributed by atoms with E-state index >= 15 is 0 Å². The van der Waals surface area contributed by atoms with Gasteiger partial charge in [0.2, 0.25) is 0 Å². The summed E-state index contributed by atoms with van der Waals surface area (Å²) in [5, 5.41) is 0. The summed E-state index contributed by atoms with van der Waals surface area (Å²) in [6.07, 6.45) is 24.1. The van der Waals surface area contributed by atoms with Crippen molar-refractivity contribution in [3.8, 4) is 12.3 Å². The van der Waals surface area contributed by atoms with Crippen LogP contribution in [0.15, 0.2) is 0 Å². The minimum absolute atomic E-state index is 0.297. The van der Waals surface area contributed by atoms with E-state index in [0.717, 1.165) is 12.5 Å². The van der Waals surface area contributed by atoms with Gasteiger partial charge in [0, 0.05) is 0 Å². The van der Waals surface area contributed by atoms with Gasteiger partial charge in [-0.15, -0.1) is 6.42 Å². The van der Waals surface area contributed by atoms with E-state index in [9.17, 15) is 0 Å². The van der Waals surface area contributed by atoms with Crippen molar-refractivity contribution < 1.29 is 0 Å². The molecule has 0 amide bonds. The zero-order valence-electron chi connectivity index (χ0n) is 18.2. The van der Waals surface area contributed by atoms with Gasteiger partial charge in [0.25, 0.3) is 0 Å². The highest BCUT2D eigenvalue weighted by Crippen LogP contribution is 2.14. The second-order valence-electron chi connectivity index (χ2n) is 8.76. The van der Waals surface area contributed by atoms with Gasteiger partial charge in [-0.2, -0.15) is 0 Å². The molecule has 1 nitrogen and oxygen atoms in total. The summed E-state index contributed by atoms with van der Waals surface area (Å²) in [5.41, 5.74) is 0. The molecule has 0 aliphatic carbocycles. The maximum absolute atomic E-state index is 5.64. The Morgan fingerprint density at radius 1 is 0.680 bits per heavy atom. The van der Waals surface area contributed by atoms with Gasteiger partial charge >= 0.3 is 0 Å². The molecule has 1 atom stereocenters. The molecule has 148 valence electrons. The number of rotatable bonds is 17. The van der Waals surface area contributed by atoms with Crippen LogP contribution in [0.5, 0.6) is 0 Å². The lowest BCUT2D eigenvalue weighted by atomic mass is 10.0. The van der Waals surface area contributed by atoms with Crippen molar-refractivity contribution in [2.24, 2.45) is 11.8 Å². The van der Waals surface area contributed by atoms with Crippen LogP contribution in [-0.2, 0) is 0 Å². The van der Waals surface area contributed by atoms with Crippen molar-refractivity contribution in [3.63, 3.8) is 0 Å².